The summed E-state index contributed by atoms with van der Waals surface area (Å²) in [5, 5.41) is 6.31. The highest BCUT2D eigenvalue weighted by molar-refractivity contribution is 7.99. The van der Waals surface area contributed by atoms with Crippen LogP contribution in [0, 0.1) is 5.92 Å². The average molecular weight is 400 g/mol. The summed E-state index contributed by atoms with van der Waals surface area (Å²) < 4.78 is 6.97. The summed E-state index contributed by atoms with van der Waals surface area (Å²) >= 11 is 1.65. The molecule has 148 valence electrons. The van der Waals surface area contributed by atoms with Gasteiger partial charge < -0.3 is 19.9 Å². The predicted molar refractivity (Wildman–Crippen MR) is 110 cm³/mol. The number of pyridine rings is 1. The zero-order chi connectivity index (χ0) is 19.5. The van der Waals surface area contributed by atoms with Crippen molar-refractivity contribution in [2.24, 2.45) is 5.92 Å². The summed E-state index contributed by atoms with van der Waals surface area (Å²) in [5.41, 5.74) is 1.14. The third kappa shape index (κ3) is 3.95. The zero-order valence-corrected chi connectivity index (χ0v) is 16.8. The first-order valence-corrected chi connectivity index (χ1v) is 10.6. The maximum atomic E-state index is 12.9. The van der Waals surface area contributed by atoms with Gasteiger partial charge in [0.1, 0.15) is 11.3 Å². The lowest BCUT2D eigenvalue weighted by Crippen LogP contribution is -2.46. The minimum atomic E-state index is -0.288. The number of rotatable bonds is 6. The number of amides is 1. The maximum Gasteiger partial charge on any atom is 0.263 e. The molecule has 1 saturated heterocycles. The van der Waals surface area contributed by atoms with E-state index in [2.05, 4.69) is 10.6 Å². The molecule has 2 aliphatic heterocycles. The fourth-order valence-electron chi connectivity index (χ4n) is 4.06. The number of fused-ring (bicyclic) bond motifs is 4. The van der Waals surface area contributed by atoms with Crippen LogP contribution in [0.25, 0.3) is 0 Å². The molecule has 2 atom stereocenters. The fourth-order valence-corrected chi connectivity index (χ4v) is 4.83. The Balaban J connectivity index is 1.36. The second-order valence-electron chi connectivity index (χ2n) is 7.32. The van der Waals surface area contributed by atoms with Crippen LogP contribution in [-0.2, 0) is 6.54 Å². The summed E-state index contributed by atoms with van der Waals surface area (Å²) in [7, 11) is 1.64. The Kier molecular flexibility index (Phi) is 5.73. The molecule has 0 spiro atoms. The number of ether oxygens (including phenoxy) is 1. The highest BCUT2D eigenvalue weighted by atomic mass is 32.2. The van der Waals surface area contributed by atoms with Crippen LogP contribution in [0.1, 0.15) is 28.4 Å². The van der Waals surface area contributed by atoms with E-state index in [4.69, 9.17) is 4.74 Å². The Morgan fingerprint density at radius 1 is 1.25 bits per heavy atom. The van der Waals surface area contributed by atoms with E-state index in [0.717, 1.165) is 41.6 Å². The lowest BCUT2D eigenvalue weighted by molar-refractivity contribution is 0.0953. The van der Waals surface area contributed by atoms with E-state index < -0.39 is 0 Å². The SMILES string of the molecule is COc1ccc(SCCNC(=O)c2ccc3n(c2=O)C[C@@H]2CNC[C@H]3C2)cc1. The first-order valence-electron chi connectivity index (χ1n) is 9.65. The molecule has 7 heteroatoms. The lowest BCUT2D eigenvalue weighted by Gasteiger charge is -2.37. The molecule has 0 aliphatic carbocycles. The van der Waals surface area contributed by atoms with Crippen molar-refractivity contribution >= 4 is 17.7 Å². The van der Waals surface area contributed by atoms with Gasteiger partial charge in [0.05, 0.1) is 7.11 Å². The van der Waals surface area contributed by atoms with Crippen LogP contribution in [0.15, 0.2) is 46.1 Å². The molecular formula is C21H25N3O3S. The molecule has 2 N–H and O–H groups in total. The molecule has 0 saturated carbocycles. The Hall–Kier alpha value is -2.25. The van der Waals surface area contributed by atoms with Gasteiger partial charge in [-0.1, -0.05) is 0 Å². The van der Waals surface area contributed by atoms with Gasteiger partial charge in [-0.25, -0.2) is 0 Å². The zero-order valence-electron chi connectivity index (χ0n) is 15.9. The van der Waals surface area contributed by atoms with E-state index in [0.29, 0.717) is 24.9 Å². The van der Waals surface area contributed by atoms with Gasteiger partial charge in [0, 0.05) is 41.9 Å². The Morgan fingerprint density at radius 3 is 2.86 bits per heavy atom. The number of benzene rings is 1. The fraction of sp³-hybridized carbons (Fsp3) is 0.429. The van der Waals surface area contributed by atoms with Crippen molar-refractivity contribution in [3.05, 3.63) is 58.0 Å². The second-order valence-corrected chi connectivity index (χ2v) is 8.49. The normalized spacial score (nSPS) is 20.3. The third-order valence-corrected chi connectivity index (χ3v) is 6.48. The van der Waals surface area contributed by atoms with Crippen LogP contribution in [0.4, 0.5) is 0 Å². The number of nitrogens with zero attached hydrogens (tertiary/aromatic N) is 1. The molecule has 2 aromatic rings. The number of hydrogen-bond acceptors (Lipinski definition) is 5. The van der Waals surface area contributed by atoms with Crippen molar-refractivity contribution in [2.75, 3.05) is 32.5 Å². The number of carbonyl (C=O) groups excluding carboxylic acids is 1. The van der Waals surface area contributed by atoms with Gasteiger partial charge >= 0.3 is 0 Å². The smallest absolute Gasteiger partial charge is 0.263 e. The molecule has 1 amide bonds. The Morgan fingerprint density at radius 2 is 2.07 bits per heavy atom. The highest BCUT2D eigenvalue weighted by Crippen LogP contribution is 2.31. The van der Waals surface area contributed by atoms with Crippen LogP contribution >= 0.6 is 11.8 Å². The maximum absolute atomic E-state index is 12.9. The van der Waals surface area contributed by atoms with Crippen LogP contribution < -0.4 is 20.9 Å². The Bertz CT molecular complexity index is 910. The molecule has 0 unspecified atom stereocenters. The van der Waals surface area contributed by atoms with Crippen LogP contribution in [-0.4, -0.2) is 43.0 Å². The number of nitrogens with one attached hydrogen (secondary N) is 2. The summed E-state index contributed by atoms with van der Waals surface area (Å²) in [6.45, 7) is 3.06. The van der Waals surface area contributed by atoms with Gasteiger partial charge in [-0.15, -0.1) is 11.8 Å². The van der Waals surface area contributed by atoms with E-state index in [-0.39, 0.29) is 17.0 Å². The van der Waals surface area contributed by atoms with Gasteiger partial charge in [0.15, 0.2) is 0 Å². The van der Waals surface area contributed by atoms with Crippen LogP contribution in [0.3, 0.4) is 0 Å². The van der Waals surface area contributed by atoms with E-state index in [1.54, 1.807) is 24.9 Å². The van der Waals surface area contributed by atoms with Crippen molar-refractivity contribution in [3.8, 4) is 5.75 Å². The average Bonchev–Trinajstić information content (AvgIpc) is 2.72. The van der Waals surface area contributed by atoms with Crippen LogP contribution in [0.2, 0.25) is 0 Å². The minimum Gasteiger partial charge on any atom is -0.497 e. The lowest BCUT2D eigenvalue weighted by atomic mass is 9.84. The molecule has 2 bridgehead atoms. The van der Waals surface area contributed by atoms with E-state index in [9.17, 15) is 9.59 Å². The predicted octanol–water partition coefficient (Wildman–Crippen LogP) is 2.09. The molecule has 1 aromatic carbocycles. The van der Waals surface area contributed by atoms with Gasteiger partial charge in [0.25, 0.3) is 11.5 Å². The first kappa shape index (κ1) is 19.1. The molecule has 4 rings (SSSR count). The Labute approximate surface area is 168 Å². The van der Waals surface area contributed by atoms with Crippen molar-refractivity contribution in [2.45, 2.75) is 23.8 Å². The first-order chi connectivity index (χ1) is 13.7. The molecule has 0 radical (unpaired) electrons. The number of piperidine rings is 1. The second kappa shape index (κ2) is 8.41. The molecule has 3 heterocycles. The minimum absolute atomic E-state index is 0.158. The molecule has 1 fully saturated rings. The monoisotopic (exact) mass is 399 g/mol. The van der Waals surface area contributed by atoms with Gasteiger partial charge in [-0.3, -0.25) is 9.59 Å². The summed E-state index contributed by atoms with van der Waals surface area (Å²) in [6.07, 6.45) is 1.13. The summed E-state index contributed by atoms with van der Waals surface area (Å²) in [4.78, 5) is 26.5. The topological polar surface area (TPSA) is 72.4 Å². The number of methoxy groups -OCH3 is 1. The van der Waals surface area contributed by atoms with Gasteiger partial charge in [-0.2, -0.15) is 0 Å². The number of hydrogen-bond donors (Lipinski definition) is 2. The van der Waals surface area contributed by atoms with Crippen molar-refractivity contribution in [1.82, 2.24) is 15.2 Å². The summed E-state index contributed by atoms with van der Waals surface area (Å²) in [5.74, 6) is 2.12. The third-order valence-electron chi connectivity index (χ3n) is 5.47. The van der Waals surface area contributed by atoms with E-state index in [1.165, 1.54) is 0 Å². The van der Waals surface area contributed by atoms with Crippen LogP contribution in [0.5, 0.6) is 5.75 Å². The van der Waals surface area contributed by atoms with Gasteiger partial charge in [-0.05, 0) is 55.3 Å². The summed E-state index contributed by atoms with van der Waals surface area (Å²) in [6, 6.07) is 11.5. The van der Waals surface area contributed by atoms with E-state index >= 15 is 0 Å². The van der Waals surface area contributed by atoms with Crippen molar-refractivity contribution in [3.63, 3.8) is 0 Å². The largest absolute Gasteiger partial charge is 0.497 e. The quantitative estimate of drug-likeness (QED) is 0.575. The molecule has 2 aliphatic rings. The van der Waals surface area contributed by atoms with Gasteiger partial charge in [0.2, 0.25) is 0 Å². The highest BCUT2D eigenvalue weighted by Gasteiger charge is 2.31. The van der Waals surface area contributed by atoms with E-state index in [1.807, 2.05) is 34.9 Å². The molecule has 1 aromatic heterocycles. The molecule has 6 nitrogen and oxygen atoms in total. The van der Waals surface area contributed by atoms with Crippen molar-refractivity contribution < 1.29 is 9.53 Å². The molecular weight excluding hydrogens is 374 g/mol. The van der Waals surface area contributed by atoms with Crippen molar-refractivity contribution in [1.29, 1.82) is 0 Å². The molecule has 28 heavy (non-hydrogen) atoms. The number of carbonyl (C=O) groups is 1. The number of aromatic nitrogens is 1. The standard InChI is InChI=1S/C21H25N3O3S/c1-27-16-2-4-17(5-3-16)28-9-8-23-20(25)18-6-7-19-15-10-14(11-22-12-15)13-24(19)21(18)26/h2-7,14-15,22H,8-13H2,1H3,(H,23,25)/t14-,15+/m0/s1. The number of thioether (sulfide) groups is 1.